The van der Waals surface area contributed by atoms with E-state index in [4.69, 9.17) is 23.2 Å². The van der Waals surface area contributed by atoms with E-state index in [2.05, 4.69) is 18.8 Å². The highest BCUT2D eigenvalue weighted by Crippen LogP contribution is 2.29. The SMILES string of the molecule is Cc1ccc(C(CNC(=O)c2ccc(Cl)cc2NS(=O)(=O)c2cccc3nsnc23)c2ccc(Cl)cc2)cc1. The van der Waals surface area contributed by atoms with E-state index in [0.717, 1.165) is 28.4 Å². The standard InChI is InChI=1S/C28H22Cl2N4O3S2/c1-17-5-7-18(8-6-17)23(19-9-11-20(29)12-10-19)16-31-28(35)22-14-13-21(30)15-25(22)34-39(36,37)26-4-2-3-24-27(26)33-38-32-24/h2-15,23,34H,16H2,1H3,(H,31,35). The van der Waals surface area contributed by atoms with Crippen LogP contribution in [0.4, 0.5) is 5.69 Å². The maximum Gasteiger partial charge on any atom is 0.264 e. The number of sulfonamides is 1. The molecule has 0 radical (unpaired) electrons. The molecule has 1 unspecified atom stereocenters. The minimum atomic E-state index is -4.11. The molecule has 0 aliphatic rings. The van der Waals surface area contributed by atoms with Gasteiger partial charge in [0.1, 0.15) is 15.9 Å². The molecule has 0 aliphatic carbocycles. The number of aryl methyl sites for hydroxylation is 1. The number of amides is 1. The van der Waals surface area contributed by atoms with Crippen molar-refractivity contribution in [1.82, 2.24) is 14.1 Å². The van der Waals surface area contributed by atoms with Gasteiger partial charge in [0, 0.05) is 22.5 Å². The zero-order valence-electron chi connectivity index (χ0n) is 20.6. The van der Waals surface area contributed by atoms with Gasteiger partial charge >= 0.3 is 0 Å². The smallest absolute Gasteiger partial charge is 0.264 e. The lowest BCUT2D eigenvalue weighted by Crippen LogP contribution is -2.30. The lowest BCUT2D eigenvalue weighted by atomic mass is 9.90. The molecular formula is C28H22Cl2N4O3S2. The highest BCUT2D eigenvalue weighted by atomic mass is 35.5. The fourth-order valence-electron chi connectivity index (χ4n) is 4.21. The predicted octanol–water partition coefficient (Wildman–Crippen LogP) is 6.67. The van der Waals surface area contributed by atoms with Crippen molar-refractivity contribution in [3.8, 4) is 0 Å². The number of halogens is 2. The second-order valence-electron chi connectivity index (χ2n) is 8.91. The molecule has 0 fully saturated rings. The van der Waals surface area contributed by atoms with Crippen molar-refractivity contribution in [1.29, 1.82) is 0 Å². The molecule has 0 spiro atoms. The van der Waals surface area contributed by atoms with Crippen LogP contribution in [0.5, 0.6) is 0 Å². The first-order valence-corrected chi connectivity index (χ1v) is 14.8. The van der Waals surface area contributed by atoms with Crippen molar-refractivity contribution in [3.63, 3.8) is 0 Å². The molecule has 4 aromatic carbocycles. The Morgan fingerprint density at radius 2 is 1.56 bits per heavy atom. The molecule has 1 aromatic heterocycles. The molecule has 0 saturated heterocycles. The number of nitrogens with one attached hydrogen (secondary N) is 2. The fourth-order valence-corrected chi connectivity index (χ4v) is 6.35. The molecule has 1 atom stereocenters. The summed E-state index contributed by atoms with van der Waals surface area (Å²) in [5.41, 5.74) is 4.03. The molecule has 2 N–H and O–H groups in total. The third kappa shape index (κ3) is 6.07. The molecule has 0 bridgehead atoms. The van der Waals surface area contributed by atoms with Crippen molar-refractivity contribution in [2.45, 2.75) is 17.7 Å². The summed E-state index contributed by atoms with van der Waals surface area (Å²) >= 11 is 13.2. The van der Waals surface area contributed by atoms with Crippen LogP contribution in [0.15, 0.2) is 89.8 Å². The average molecular weight is 598 g/mol. The van der Waals surface area contributed by atoms with E-state index in [0.29, 0.717) is 10.5 Å². The molecular weight excluding hydrogens is 575 g/mol. The van der Waals surface area contributed by atoms with Crippen LogP contribution in [0.1, 0.15) is 33.0 Å². The maximum atomic E-state index is 13.4. The van der Waals surface area contributed by atoms with Gasteiger partial charge in [-0.3, -0.25) is 9.52 Å². The van der Waals surface area contributed by atoms with Crippen molar-refractivity contribution in [2.24, 2.45) is 0 Å². The highest BCUT2D eigenvalue weighted by Gasteiger charge is 2.24. The quantitative estimate of drug-likeness (QED) is 0.208. The number of benzene rings is 4. The normalized spacial score (nSPS) is 12.3. The number of carbonyl (C=O) groups excluding carboxylic acids is 1. The van der Waals surface area contributed by atoms with E-state index in [1.807, 2.05) is 55.5 Å². The number of anilines is 1. The van der Waals surface area contributed by atoms with E-state index in [9.17, 15) is 13.2 Å². The van der Waals surface area contributed by atoms with Gasteiger partial charge in [-0.15, -0.1) is 0 Å². The summed E-state index contributed by atoms with van der Waals surface area (Å²) < 4.78 is 37.4. The molecule has 0 aliphatic heterocycles. The monoisotopic (exact) mass is 596 g/mol. The second kappa shape index (κ2) is 11.3. The molecule has 0 saturated carbocycles. The third-order valence-electron chi connectivity index (χ3n) is 6.23. The summed E-state index contributed by atoms with van der Waals surface area (Å²) in [6, 6.07) is 24.7. The topological polar surface area (TPSA) is 101 Å². The Labute approximate surface area is 240 Å². The Bertz CT molecular complexity index is 1710. The number of carbonyl (C=O) groups is 1. The summed E-state index contributed by atoms with van der Waals surface area (Å²) in [7, 11) is -4.11. The Balaban J connectivity index is 1.42. The first kappa shape index (κ1) is 27.1. The Hall–Kier alpha value is -3.50. The van der Waals surface area contributed by atoms with Crippen LogP contribution in [0, 0.1) is 6.92 Å². The minimum Gasteiger partial charge on any atom is -0.351 e. The molecule has 39 heavy (non-hydrogen) atoms. The summed E-state index contributed by atoms with van der Waals surface area (Å²) in [6.45, 7) is 2.28. The van der Waals surface area contributed by atoms with Gasteiger partial charge in [-0.2, -0.15) is 8.75 Å². The van der Waals surface area contributed by atoms with Crippen molar-refractivity contribution in [3.05, 3.63) is 117 Å². The Morgan fingerprint density at radius 3 is 2.28 bits per heavy atom. The average Bonchev–Trinajstić information content (AvgIpc) is 3.39. The number of hydrogen-bond donors (Lipinski definition) is 2. The van der Waals surface area contributed by atoms with Crippen LogP contribution in [0.25, 0.3) is 11.0 Å². The van der Waals surface area contributed by atoms with E-state index >= 15 is 0 Å². The first-order chi connectivity index (χ1) is 18.7. The van der Waals surface area contributed by atoms with E-state index in [-0.39, 0.29) is 39.1 Å². The van der Waals surface area contributed by atoms with Crippen LogP contribution in [-0.4, -0.2) is 29.6 Å². The number of nitrogens with zero attached hydrogens (tertiary/aromatic N) is 2. The Morgan fingerprint density at radius 1 is 0.897 bits per heavy atom. The van der Waals surface area contributed by atoms with Gasteiger partial charge in [0.25, 0.3) is 15.9 Å². The zero-order valence-corrected chi connectivity index (χ0v) is 23.7. The zero-order chi connectivity index (χ0) is 27.6. The number of hydrogen-bond acceptors (Lipinski definition) is 6. The van der Waals surface area contributed by atoms with Crippen LogP contribution in [0.2, 0.25) is 10.0 Å². The van der Waals surface area contributed by atoms with Gasteiger partial charge in [0.2, 0.25) is 0 Å². The van der Waals surface area contributed by atoms with E-state index in [1.165, 1.54) is 24.3 Å². The van der Waals surface area contributed by atoms with Gasteiger partial charge in [0.05, 0.1) is 23.0 Å². The van der Waals surface area contributed by atoms with Crippen LogP contribution in [0.3, 0.4) is 0 Å². The summed E-state index contributed by atoms with van der Waals surface area (Å²) in [5.74, 6) is -0.613. The van der Waals surface area contributed by atoms with Crippen molar-refractivity contribution >= 4 is 67.6 Å². The van der Waals surface area contributed by atoms with Crippen LogP contribution in [-0.2, 0) is 10.0 Å². The summed E-state index contributed by atoms with van der Waals surface area (Å²) in [4.78, 5) is 13.4. The molecule has 7 nitrogen and oxygen atoms in total. The van der Waals surface area contributed by atoms with Gasteiger partial charge in [0.15, 0.2) is 0 Å². The van der Waals surface area contributed by atoms with E-state index in [1.54, 1.807) is 12.1 Å². The van der Waals surface area contributed by atoms with Crippen molar-refractivity contribution < 1.29 is 13.2 Å². The maximum absolute atomic E-state index is 13.4. The van der Waals surface area contributed by atoms with Gasteiger partial charge in [-0.1, -0.05) is 71.2 Å². The highest BCUT2D eigenvalue weighted by molar-refractivity contribution is 7.93. The number of rotatable bonds is 8. The van der Waals surface area contributed by atoms with Gasteiger partial charge < -0.3 is 5.32 Å². The number of aromatic nitrogens is 2. The summed E-state index contributed by atoms with van der Waals surface area (Å²) in [6.07, 6.45) is 0. The lowest BCUT2D eigenvalue weighted by Gasteiger charge is -2.20. The molecule has 198 valence electrons. The fraction of sp³-hybridized carbons (Fsp3) is 0.107. The largest absolute Gasteiger partial charge is 0.351 e. The van der Waals surface area contributed by atoms with Gasteiger partial charge in [-0.25, -0.2) is 8.42 Å². The third-order valence-corrected chi connectivity index (χ3v) is 8.65. The van der Waals surface area contributed by atoms with E-state index < -0.39 is 15.9 Å². The number of fused-ring (bicyclic) bond motifs is 1. The van der Waals surface area contributed by atoms with Crippen LogP contribution < -0.4 is 10.0 Å². The first-order valence-electron chi connectivity index (χ1n) is 11.8. The van der Waals surface area contributed by atoms with Crippen LogP contribution >= 0.6 is 34.9 Å². The minimum absolute atomic E-state index is 0.0396. The lowest BCUT2D eigenvalue weighted by molar-refractivity contribution is 0.0953. The van der Waals surface area contributed by atoms with Gasteiger partial charge in [-0.05, 0) is 60.5 Å². The molecule has 1 amide bonds. The van der Waals surface area contributed by atoms with Crippen molar-refractivity contribution in [2.75, 3.05) is 11.3 Å². The molecule has 5 rings (SSSR count). The Kier molecular flexibility index (Phi) is 7.86. The molecule has 1 heterocycles. The summed E-state index contributed by atoms with van der Waals surface area (Å²) in [5, 5.41) is 3.86. The second-order valence-corrected chi connectivity index (χ2v) is 12.0. The predicted molar refractivity (Wildman–Crippen MR) is 156 cm³/mol. The molecule has 11 heteroatoms. The molecule has 5 aromatic rings.